The molecule has 16 heteroatoms. The van der Waals surface area contributed by atoms with E-state index in [1.165, 1.54) is 14.7 Å². The van der Waals surface area contributed by atoms with Gasteiger partial charge in [-0.1, -0.05) is 0 Å². The Morgan fingerprint density at radius 3 is 0.765 bits per heavy atom. The van der Waals surface area contributed by atoms with Crippen LogP contribution in [0, 0.1) is 40.8 Å². The third-order valence-corrected chi connectivity index (χ3v) is 2.83. The molecule has 0 aromatic rings. The van der Waals surface area contributed by atoms with Crippen molar-refractivity contribution in [3.8, 4) is 0 Å². The van der Waals surface area contributed by atoms with Crippen molar-refractivity contribution in [2.45, 2.75) is 0 Å². The Bertz CT molecular complexity index is 556. The summed E-state index contributed by atoms with van der Waals surface area (Å²) in [6.45, 7) is -2.29. The smallest absolute Gasteiger partial charge is 0.548 e. The summed E-state index contributed by atoms with van der Waals surface area (Å²) < 4.78 is 13.4. The number of aliphatic carboxylic acids is 3. The Morgan fingerprint density at radius 1 is 0.471 bits per heavy atom. The van der Waals surface area contributed by atoms with E-state index in [1.54, 1.807) is 42.3 Å². The fourth-order valence-electron chi connectivity index (χ4n) is 1.05. The first-order chi connectivity index (χ1) is 15.1. The molecule has 193 valence electrons. The third kappa shape index (κ3) is 32.2. The van der Waals surface area contributed by atoms with E-state index in [4.69, 9.17) is 0 Å². The van der Waals surface area contributed by atoms with Crippen molar-refractivity contribution >= 4 is 35.6 Å². The van der Waals surface area contributed by atoms with Crippen molar-refractivity contribution in [1.29, 1.82) is 0 Å². The Labute approximate surface area is 230 Å². The van der Waals surface area contributed by atoms with Crippen LogP contribution in [-0.2, 0) is 43.0 Å². The van der Waals surface area contributed by atoms with Crippen LogP contribution in [0.15, 0.2) is 0 Å². The van der Waals surface area contributed by atoms with Gasteiger partial charge in [-0.2, -0.15) is 0 Å². The number of hydrogen-bond donors (Lipinski definition) is 0. The molecular formula is C18H30N3NdO12. The fourth-order valence-corrected chi connectivity index (χ4v) is 1.05. The molecule has 0 spiro atoms. The Hall–Kier alpha value is -1.95. The fraction of sp³-hybridized carbons (Fsp3) is 0.667. The zero-order valence-corrected chi connectivity index (χ0v) is 23.2. The number of carbonyl (C=O) groups excluding carboxylic acids is 6. The van der Waals surface area contributed by atoms with Crippen molar-refractivity contribution in [1.82, 2.24) is 14.7 Å². The van der Waals surface area contributed by atoms with Gasteiger partial charge >= 0.3 is 40.8 Å². The van der Waals surface area contributed by atoms with Gasteiger partial charge in [-0.3, -0.25) is 14.4 Å². The van der Waals surface area contributed by atoms with Crippen molar-refractivity contribution < 1.29 is 99.1 Å². The Morgan fingerprint density at radius 2 is 0.647 bits per heavy atom. The summed E-state index contributed by atoms with van der Waals surface area (Å²) in [5, 5.41) is 29.4. The van der Waals surface area contributed by atoms with Crippen LogP contribution in [0.2, 0.25) is 0 Å². The first kappa shape index (κ1) is 39.3. The molecule has 0 saturated carbocycles. The molecule has 0 atom stereocenters. The van der Waals surface area contributed by atoms with Gasteiger partial charge in [0.15, 0.2) is 0 Å². The van der Waals surface area contributed by atoms with Crippen molar-refractivity contribution in [2.75, 3.05) is 81.9 Å². The van der Waals surface area contributed by atoms with Crippen LogP contribution >= 0.6 is 0 Å². The van der Waals surface area contributed by atoms with Gasteiger partial charge in [-0.25, -0.2) is 0 Å². The van der Waals surface area contributed by atoms with Crippen LogP contribution in [0.1, 0.15) is 0 Å². The first-order valence-electron chi connectivity index (χ1n) is 9.04. The Balaban J connectivity index is -0.000000196. The largest absolute Gasteiger partial charge is 3.00 e. The standard InChI is InChI=1S/3C6H11NO4.Nd/c3*1-7(2)5(8)3-11-4-6(9)10;/h3*3-4H2,1-2H3,(H,9,10);/q;;;+3/p-3. The zero-order valence-electron chi connectivity index (χ0n) is 20.0. The number of hydrogen-bond acceptors (Lipinski definition) is 12. The molecule has 0 heterocycles. The van der Waals surface area contributed by atoms with Gasteiger partial charge in [0, 0.05) is 42.3 Å². The first-order valence-corrected chi connectivity index (χ1v) is 9.04. The molecule has 3 amide bonds. The van der Waals surface area contributed by atoms with E-state index in [0.717, 1.165) is 0 Å². The van der Waals surface area contributed by atoms with E-state index in [-0.39, 0.29) is 78.4 Å². The van der Waals surface area contributed by atoms with E-state index < -0.39 is 37.7 Å². The minimum Gasteiger partial charge on any atom is -0.548 e. The molecular weight excluding hydrogens is 594 g/mol. The van der Waals surface area contributed by atoms with E-state index in [2.05, 4.69) is 14.2 Å². The molecule has 0 bridgehead atoms. The molecule has 0 aliphatic carbocycles. The third-order valence-electron chi connectivity index (χ3n) is 2.83. The molecule has 0 saturated heterocycles. The van der Waals surface area contributed by atoms with Gasteiger partial charge in [-0.15, -0.1) is 0 Å². The maximum atomic E-state index is 10.7. The number of likely N-dealkylation sites (N-methyl/N-ethyl adjacent to an activating group) is 3. The summed E-state index contributed by atoms with van der Waals surface area (Å²) in [5.74, 6) is -4.78. The zero-order chi connectivity index (χ0) is 26.6. The normalized spacial score (nSPS) is 9.00. The minimum atomic E-state index is -1.32. The van der Waals surface area contributed by atoms with Gasteiger partial charge in [-0.05, 0) is 0 Å². The number of rotatable bonds is 12. The molecule has 0 aliphatic heterocycles. The van der Waals surface area contributed by atoms with E-state index in [1.807, 2.05) is 0 Å². The number of nitrogens with zero attached hydrogens (tertiary/aromatic N) is 3. The van der Waals surface area contributed by atoms with E-state index >= 15 is 0 Å². The van der Waals surface area contributed by atoms with E-state index in [9.17, 15) is 44.1 Å². The summed E-state index contributed by atoms with van der Waals surface area (Å²) in [4.78, 5) is 65.4. The van der Waals surface area contributed by atoms with Crippen molar-refractivity contribution in [3.05, 3.63) is 0 Å². The molecule has 0 aliphatic rings. The van der Waals surface area contributed by atoms with Gasteiger partial charge in [0.05, 0.1) is 37.7 Å². The second kappa shape index (κ2) is 24.2. The van der Waals surface area contributed by atoms with Crippen LogP contribution < -0.4 is 15.3 Å². The minimum absolute atomic E-state index is 0. The molecule has 0 fully saturated rings. The predicted molar refractivity (Wildman–Crippen MR) is 104 cm³/mol. The number of carbonyl (C=O) groups is 6. The topological polar surface area (TPSA) is 209 Å². The molecule has 1 radical (unpaired) electrons. The van der Waals surface area contributed by atoms with Crippen LogP contribution in [0.5, 0.6) is 0 Å². The molecule has 34 heavy (non-hydrogen) atoms. The summed E-state index contributed by atoms with van der Waals surface area (Å²) in [6.07, 6.45) is 0. The quantitative estimate of drug-likeness (QED) is 0.199. The molecule has 0 unspecified atom stereocenters. The molecule has 15 nitrogen and oxygen atoms in total. The van der Waals surface area contributed by atoms with Gasteiger partial charge < -0.3 is 58.6 Å². The summed E-state index contributed by atoms with van der Waals surface area (Å²) >= 11 is 0. The second-order valence-corrected chi connectivity index (χ2v) is 6.46. The van der Waals surface area contributed by atoms with Crippen LogP contribution in [0.25, 0.3) is 0 Å². The van der Waals surface area contributed by atoms with Crippen molar-refractivity contribution in [3.63, 3.8) is 0 Å². The summed E-state index contributed by atoms with van der Waals surface area (Å²) in [5.41, 5.74) is 0. The number of carboxylic acid groups (broad SMARTS) is 3. The average molecular weight is 625 g/mol. The summed E-state index contributed by atoms with van der Waals surface area (Å²) in [6, 6.07) is 0. The monoisotopic (exact) mass is 622 g/mol. The van der Waals surface area contributed by atoms with E-state index in [0.29, 0.717) is 0 Å². The number of ether oxygens (including phenoxy) is 3. The van der Waals surface area contributed by atoms with Crippen LogP contribution in [-0.4, -0.2) is 132 Å². The molecule has 0 N–H and O–H groups in total. The Kier molecular flexibility index (Phi) is 27.9. The molecule has 0 aromatic heterocycles. The van der Waals surface area contributed by atoms with Crippen LogP contribution in [0.3, 0.4) is 0 Å². The van der Waals surface area contributed by atoms with Gasteiger partial charge in [0.1, 0.15) is 19.8 Å². The number of amides is 3. The van der Waals surface area contributed by atoms with Crippen LogP contribution in [0.4, 0.5) is 0 Å². The van der Waals surface area contributed by atoms with Gasteiger partial charge in [0.2, 0.25) is 17.7 Å². The van der Waals surface area contributed by atoms with Crippen molar-refractivity contribution in [2.24, 2.45) is 0 Å². The maximum absolute atomic E-state index is 10.7. The maximum Gasteiger partial charge on any atom is 3.00 e. The SMILES string of the molecule is CN(C)C(=O)COCC(=O)[O-].CN(C)C(=O)COCC(=O)[O-].CN(C)C(=O)COCC(=O)[O-].[Nd+3]. The molecule has 0 rings (SSSR count). The second-order valence-electron chi connectivity index (χ2n) is 6.46. The summed E-state index contributed by atoms with van der Waals surface area (Å²) in [7, 11) is 9.36. The van der Waals surface area contributed by atoms with Gasteiger partial charge in [0.25, 0.3) is 0 Å². The predicted octanol–water partition coefficient (Wildman–Crippen LogP) is -6.48. The average Bonchev–Trinajstić information content (AvgIpc) is 2.67. The molecule has 0 aromatic carbocycles. The number of carboxylic acids is 3.